The van der Waals surface area contributed by atoms with Gasteiger partial charge in [-0.15, -0.1) is 0 Å². The molecule has 0 aliphatic heterocycles. The highest BCUT2D eigenvalue weighted by molar-refractivity contribution is 6.07. The molecule has 0 aliphatic carbocycles. The van der Waals surface area contributed by atoms with E-state index < -0.39 is 11.2 Å². The number of anilines is 2. The Kier molecular flexibility index (Phi) is 8.00. The van der Waals surface area contributed by atoms with E-state index in [4.69, 9.17) is 10.5 Å². The summed E-state index contributed by atoms with van der Waals surface area (Å²) < 4.78 is 6.41. The second-order valence-corrected chi connectivity index (χ2v) is 8.08. The molecule has 2 aromatic rings. The Morgan fingerprint density at radius 2 is 1.80 bits per heavy atom. The highest BCUT2D eigenvalue weighted by atomic mass is 16.5. The Morgan fingerprint density at radius 1 is 1.17 bits per heavy atom. The Hall–Kier alpha value is -2.87. The normalized spacial score (nSPS) is 11.3. The summed E-state index contributed by atoms with van der Waals surface area (Å²) in [6, 6.07) is 7.29. The molecule has 8 heteroatoms. The third-order valence-electron chi connectivity index (χ3n) is 4.83. The molecule has 0 spiro atoms. The SMILES string of the molecule is COCCCN(C(=O)c1ccc(C(C)C)cc1)c1c(N)n(CC(C)C)c(=O)[nH]c1=O. The predicted octanol–water partition coefficient (Wildman–Crippen LogP) is 2.58. The molecule has 3 N–H and O–H groups in total. The van der Waals surface area contributed by atoms with Gasteiger partial charge in [0.15, 0.2) is 5.69 Å². The first-order chi connectivity index (χ1) is 14.2. The van der Waals surface area contributed by atoms with Crippen molar-refractivity contribution in [3.05, 3.63) is 56.2 Å². The average Bonchev–Trinajstić information content (AvgIpc) is 2.69. The minimum atomic E-state index is -0.679. The van der Waals surface area contributed by atoms with Crippen LogP contribution >= 0.6 is 0 Å². The third-order valence-corrected chi connectivity index (χ3v) is 4.83. The van der Waals surface area contributed by atoms with Crippen LogP contribution in [0.15, 0.2) is 33.9 Å². The van der Waals surface area contributed by atoms with E-state index in [0.29, 0.717) is 31.1 Å². The average molecular weight is 417 g/mol. The van der Waals surface area contributed by atoms with Crippen LogP contribution in [0.4, 0.5) is 11.5 Å². The van der Waals surface area contributed by atoms with Gasteiger partial charge in [0.05, 0.1) is 0 Å². The van der Waals surface area contributed by atoms with Gasteiger partial charge >= 0.3 is 5.69 Å². The summed E-state index contributed by atoms with van der Waals surface area (Å²) in [5.74, 6) is 0.102. The number of nitrogens with one attached hydrogen (secondary N) is 1. The van der Waals surface area contributed by atoms with E-state index in [9.17, 15) is 14.4 Å². The molecule has 1 amide bonds. The van der Waals surface area contributed by atoms with E-state index in [-0.39, 0.29) is 29.9 Å². The van der Waals surface area contributed by atoms with Crippen molar-refractivity contribution in [2.75, 3.05) is 30.9 Å². The van der Waals surface area contributed by atoms with Crippen molar-refractivity contribution in [2.24, 2.45) is 5.92 Å². The van der Waals surface area contributed by atoms with Crippen LogP contribution in [0.1, 0.15) is 56.0 Å². The molecule has 0 atom stereocenters. The zero-order chi connectivity index (χ0) is 22.4. The van der Waals surface area contributed by atoms with Crippen LogP contribution in [0.2, 0.25) is 0 Å². The van der Waals surface area contributed by atoms with Crippen molar-refractivity contribution in [2.45, 2.75) is 46.6 Å². The fraction of sp³-hybridized carbons (Fsp3) is 0.500. The van der Waals surface area contributed by atoms with E-state index >= 15 is 0 Å². The molecular weight excluding hydrogens is 384 g/mol. The van der Waals surface area contributed by atoms with Crippen molar-refractivity contribution in [1.82, 2.24) is 9.55 Å². The number of nitrogens with zero attached hydrogens (tertiary/aromatic N) is 2. The molecule has 0 bridgehead atoms. The van der Waals surface area contributed by atoms with Gasteiger partial charge in [-0.05, 0) is 36.0 Å². The molecule has 30 heavy (non-hydrogen) atoms. The zero-order valence-corrected chi connectivity index (χ0v) is 18.4. The van der Waals surface area contributed by atoms with E-state index in [1.54, 1.807) is 19.2 Å². The maximum Gasteiger partial charge on any atom is 0.330 e. The number of hydrogen-bond donors (Lipinski definition) is 2. The molecule has 0 unspecified atom stereocenters. The second-order valence-electron chi connectivity index (χ2n) is 8.08. The number of hydrogen-bond acceptors (Lipinski definition) is 5. The van der Waals surface area contributed by atoms with E-state index in [0.717, 1.165) is 5.56 Å². The molecule has 2 rings (SSSR count). The molecule has 164 valence electrons. The highest BCUT2D eigenvalue weighted by Gasteiger charge is 2.25. The number of methoxy groups -OCH3 is 1. The van der Waals surface area contributed by atoms with E-state index in [1.165, 1.54) is 9.47 Å². The Labute approximate surface area is 176 Å². The number of carbonyl (C=O) groups excluding carboxylic acids is 1. The van der Waals surface area contributed by atoms with Crippen LogP contribution in [-0.2, 0) is 11.3 Å². The van der Waals surface area contributed by atoms with Gasteiger partial charge in [-0.2, -0.15) is 0 Å². The van der Waals surface area contributed by atoms with Gasteiger partial charge in [-0.3, -0.25) is 19.1 Å². The number of benzene rings is 1. The zero-order valence-electron chi connectivity index (χ0n) is 18.4. The van der Waals surface area contributed by atoms with Crippen molar-refractivity contribution < 1.29 is 9.53 Å². The quantitative estimate of drug-likeness (QED) is 0.611. The number of ether oxygens (including phenoxy) is 1. The van der Waals surface area contributed by atoms with Gasteiger partial charge in [-0.25, -0.2) is 4.79 Å². The molecule has 8 nitrogen and oxygen atoms in total. The minimum absolute atomic E-state index is 0.00992. The number of rotatable bonds is 9. The van der Waals surface area contributed by atoms with Gasteiger partial charge in [0.25, 0.3) is 11.5 Å². The van der Waals surface area contributed by atoms with Crippen molar-refractivity contribution in [3.63, 3.8) is 0 Å². The molecular formula is C22H32N4O4. The molecule has 0 saturated carbocycles. The van der Waals surface area contributed by atoms with Crippen LogP contribution in [0.5, 0.6) is 0 Å². The van der Waals surface area contributed by atoms with Crippen LogP contribution in [0.25, 0.3) is 0 Å². The molecule has 1 heterocycles. The summed E-state index contributed by atoms with van der Waals surface area (Å²) in [5, 5.41) is 0. The second kappa shape index (κ2) is 10.2. The smallest absolute Gasteiger partial charge is 0.330 e. The number of aromatic nitrogens is 2. The number of amides is 1. The number of H-pyrrole nitrogens is 1. The minimum Gasteiger partial charge on any atom is -0.385 e. The summed E-state index contributed by atoms with van der Waals surface area (Å²) in [7, 11) is 1.57. The Bertz CT molecular complexity index is 974. The van der Waals surface area contributed by atoms with E-state index in [2.05, 4.69) is 18.8 Å². The summed E-state index contributed by atoms with van der Waals surface area (Å²) in [6.07, 6.45) is 0.508. The van der Waals surface area contributed by atoms with Gasteiger partial charge in [0, 0.05) is 32.4 Å². The standard InChI is InChI=1S/C22H32N4O4/c1-14(2)13-26-19(23)18(20(27)24-22(26)29)25(11-6-12-30-5)21(28)17-9-7-16(8-10-17)15(3)4/h7-10,14-15H,6,11-13,23H2,1-5H3,(H,24,27,29). The topological polar surface area (TPSA) is 110 Å². The van der Waals surface area contributed by atoms with Gasteiger partial charge in [0.1, 0.15) is 5.82 Å². The van der Waals surface area contributed by atoms with Gasteiger partial charge in [0.2, 0.25) is 0 Å². The number of nitrogens with two attached hydrogens (primary N) is 1. The molecule has 0 fully saturated rings. The largest absolute Gasteiger partial charge is 0.385 e. The maximum atomic E-state index is 13.3. The lowest BCUT2D eigenvalue weighted by atomic mass is 10.0. The first kappa shape index (κ1) is 23.4. The van der Waals surface area contributed by atoms with Crippen LogP contribution < -0.4 is 21.9 Å². The Morgan fingerprint density at radius 3 is 2.33 bits per heavy atom. The van der Waals surface area contributed by atoms with Crippen molar-refractivity contribution >= 4 is 17.4 Å². The van der Waals surface area contributed by atoms with Crippen molar-refractivity contribution in [1.29, 1.82) is 0 Å². The fourth-order valence-electron chi connectivity index (χ4n) is 3.23. The molecule has 0 aliphatic rings. The Balaban J connectivity index is 2.54. The summed E-state index contributed by atoms with van der Waals surface area (Å²) in [5.41, 5.74) is 6.52. The van der Waals surface area contributed by atoms with Crippen LogP contribution in [-0.4, -0.2) is 35.7 Å². The highest BCUT2D eigenvalue weighted by Crippen LogP contribution is 2.22. The van der Waals surface area contributed by atoms with Crippen molar-refractivity contribution in [3.8, 4) is 0 Å². The third kappa shape index (κ3) is 5.38. The van der Waals surface area contributed by atoms with Gasteiger partial charge in [-0.1, -0.05) is 39.8 Å². The number of nitrogen functional groups attached to an aromatic ring is 1. The lowest BCUT2D eigenvalue weighted by Gasteiger charge is -2.25. The molecule has 1 aromatic carbocycles. The van der Waals surface area contributed by atoms with Crippen LogP contribution in [0, 0.1) is 5.92 Å². The lowest BCUT2D eigenvalue weighted by Crippen LogP contribution is -2.42. The number of aromatic amines is 1. The first-order valence-corrected chi connectivity index (χ1v) is 10.2. The monoisotopic (exact) mass is 416 g/mol. The van der Waals surface area contributed by atoms with Gasteiger partial charge < -0.3 is 15.4 Å². The maximum absolute atomic E-state index is 13.3. The van der Waals surface area contributed by atoms with Crippen LogP contribution in [0.3, 0.4) is 0 Å². The summed E-state index contributed by atoms with van der Waals surface area (Å²) in [6.45, 7) is 9.00. The van der Waals surface area contributed by atoms with E-state index in [1.807, 2.05) is 26.0 Å². The fourth-order valence-corrected chi connectivity index (χ4v) is 3.23. The number of carbonyl (C=O) groups is 1. The molecule has 1 aromatic heterocycles. The predicted molar refractivity (Wildman–Crippen MR) is 119 cm³/mol. The lowest BCUT2D eigenvalue weighted by molar-refractivity contribution is 0.0983. The molecule has 0 radical (unpaired) electrons. The first-order valence-electron chi connectivity index (χ1n) is 10.2. The molecule has 0 saturated heterocycles. The summed E-state index contributed by atoms with van der Waals surface area (Å²) in [4.78, 5) is 41.9. The summed E-state index contributed by atoms with van der Waals surface area (Å²) >= 11 is 0.